The zero-order valence-electron chi connectivity index (χ0n) is 12.4. The number of anilines is 1. The number of thiazole rings is 1. The van der Waals surface area contributed by atoms with E-state index in [1.54, 1.807) is 17.5 Å². The standard InChI is InChI=1S/C15H19N3O2S/c1-4-20-13-7-12(6-5-10(13)2)18-15(19)17-9-14-16-8-11(3)21-14/h5-8H,4,9H2,1-3H3,(H2,17,18,19). The molecule has 21 heavy (non-hydrogen) atoms. The molecule has 1 heterocycles. The Morgan fingerprint density at radius 2 is 2.19 bits per heavy atom. The van der Waals surface area contributed by atoms with E-state index in [9.17, 15) is 4.79 Å². The molecule has 2 rings (SSSR count). The van der Waals surface area contributed by atoms with Crippen LogP contribution in [0.4, 0.5) is 10.5 Å². The number of ether oxygens (including phenoxy) is 1. The van der Waals surface area contributed by atoms with Crippen molar-refractivity contribution < 1.29 is 9.53 Å². The van der Waals surface area contributed by atoms with Gasteiger partial charge < -0.3 is 15.4 Å². The van der Waals surface area contributed by atoms with Gasteiger partial charge in [-0.15, -0.1) is 11.3 Å². The van der Waals surface area contributed by atoms with Gasteiger partial charge in [-0.1, -0.05) is 6.07 Å². The number of carbonyl (C=O) groups excluding carboxylic acids is 1. The molecule has 6 heteroatoms. The summed E-state index contributed by atoms with van der Waals surface area (Å²) in [5, 5.41) is 6.47. The molecule has 0 radical (unpaired) electrons. The van der Waals surface area contributed by atoms with Gasteiger partial charge in [-0.2, -0.15) is 0 Å². The molecular weight excluding hydrogens is 286 g/mol. The molecule has 0 saturated heterocycles. The van der Waals surface area contributed by atoms with Crippen molar-refractivity contribution in [2.75, 3.05) is 11.9 Å². The van der Waals surface area contributed by atoms with Crippen LogP contribution >= 0.6 is 11.3 Å². The highest BCUT2D eigenvalue weighted by Gasteiger charge is 2.06. The maximum atomic E-state index is 11.9. The van der Waals surface area contributed by atoms with Crippen LogP contribution in [0.15, 0.2) is 24.4 Å². The summed E-state index contributed by atoms with van der Waals surface area (Å²) in [6, 6.07) is 5.34. The predicted octanol–water partition coefficient (Wildman–Crippen LogP) is 3.48. The Morgan fingerprint density at radius 1 is 1.38 bits per heavy atom. The first kappa shape index (κ1) is 15.3. The molecule has 2 N–H and O–H groups in total. The summed E-state index contributed by atoms with van der Waals surface area (Å²) in [5.41, 5.74) is 1.75. The molecule has 0 aliphatic rings. The largest absolute Gasteiger partial charge is 0.494 e. The van der Waals surface area contributed by atoms with E-state index in [0.29, 0.717) is 18.8 Å². The second kappa shape index (κ2) is 7.08. The van der Waals surface area contributed by atoms with Gasteiger partial charge in [0.2, 0.25) is 0 Å². The Hall–Kier alpha value is -2.08. The van der Waals surface area contributed by atoms with Crippen molar-refractivity contribution >= 4 is 23.1 Å². The Balaban J connectivity index is 1.91. The van der Waals surface area contributed by atoms with Crippen molar-refractivity contribution in [3.05, 3.63) is 39.8 Å². The topological polar surface area (TPSA) is 63.2 Å². The lowest BCUT2D eigenvalue weighted by atomic mass is 10.2. The van der Waals surface area contributed by atoms with Crippen LogP contribution in [0, 0.1) is 13.8 Å². The van der Waals surface area contributed by atoms with Crippen LogP contribution < -0.4 is 15.4 Å². The monoisotopic (exact) mass is 305 g/mol. The minimum Gasteiger partial charge on any atom is -0.494 e. The lowest BCUT2D eigenvalue weighted by Gasteiger charge is -2.11. The van der Waals surface area contributed by atoms with Crippen LogP contribution in [0.2, 0.25) is 0 Å². The van der Waals surface area contributed by atoms with Gasteiger partial charge in [-0.25, -0.2) is 9.78 Å². The highest BCUT2D eigenvalue weighted by molar-refractivity contribution is 7.11. The van der Waals surface area contributed by atoms with Crippen molar-refractivity contribution in [3.8, 4) is 5.75 Å². The van der Waals surface area contributed by atoms with E-state index in [0.717, 1.165) is 21.2 Å². The highest BCUT2D eigenvalue weighted by atomic mass is 32.1. The van der Waals surface area contributed by atoms with Crippen LogP contribution in [-0.4, -0.2) is 17.6 Å². The number of nitrogens with zero attached hydrogens (tertiary/aromatic N) is 1. The molecule has 0 aliphatic heterocycles. The second-order valence-corrected chi connectivity index (χ2v) is 5.90. The number of benzene rings is 1. The molecule has 1 aromatic carbocycles. The van der Waals surface area contributed by atoms with Crippen LogP contribution in [0.25, 0.3) is 0 Å². The molecule has 112 valence electrons. The summed E-state index contributed by atoms with van der Waals surface area (Å²) in [6.45, 7) is 6.92. The average molecular weight is 305 g/mol. The second-order valence-electron chi connectivity index (χ2n) is 4.59. The first-order chi connectivity index (χ1) is 10.1. The highest BCUT2D eigenvalue weighted by Crippen LogP contribution is 2.22. The summed E-state index contributed by atoms with van der Waals surface area (Å²) in [7, 11) is 0. The minimum atomic E-state index is -0.255. The molecule has 2 aromatic rings. The molecular formula is C15H19N3O2S. The molecule has 0 spiro atoms. The van der Waals surface area contributed by atoms with Crippen LogP contribution in [-0.2, 0) is 6.54 Å². The number of rotatable bonds is 5. The lowest BCUT2D eigenvalue weighted by molar-refractivity contribution is 0.251. The quantitative estimate of drug-likeness (QED) is 0.889. The lowest BCUT2D eigenvalue weighted by Crippen LogP contribution is -2.28. The van der Waals surface area contributed by atoms with E-state index in [1.165, 1.54) is 0 Å². The predicted molar refractivity (Wildman–Crippen MR) is 85.1 cm³/mol. The van der Waals surface area contributed by atoms with E-state index in [-0.39, 0.29) is 6.03 Å². The number of amides is 2. The van der Waals surface area contributed by atoms with Gasteiger partial charge in [0.1, 0.15) is 10.8 Å². The summed E-state index contributed by atoms with van der Waals surface area (Å²) < 4.78 is 5.51. The number of hydrogen-bond donors (Lipinski definition) is 2. The molecule has 0 saturated carbocycles. The maximum Gasteiger partial charge on any atom is 0.319 e. The van der Waals surface area contributed by atoms with E-state index in [2.05, 4.69) is 15.6 Å². The number of hydrogen-bond acceptors (Lipinski definition) is 4. The number of aromatic nitrogens is 1. The van der Waals surface area contributed by atoms with Gasteiger partial charge in [-0.05, 0) is 32.4 Å². The third kappa shape index (κ3) is 4.46. The Kier molecular flexibility index (Phi) is 5.16. The van der Waals surface area contributed by atoms with Crippen molar-refractivity contribution in [2.24, 2.45) is 0 Å². The Bertz CT molecular complexity index is 625. The SMILES string of the molecule is CCOc1cc(NC(=O)NCc2ncc(C)s2)ccc1C. The van der Waals surface area contributed by atoms with Crippen molar-refractivity contribution in [1.29, 1.82) is 0 Å². The maximum absolute atomic E-state index is 11.9. The summed E-state index contributed by atoms with van der Waals surface area (Å²) in [4.78, 5) is 17.2. The zero-order valence-corrected chi connectivity index (χ0v) is 13.2. The van der Waals surface area contributed by atoms with E-state index in [1.807, 2.05) is 39.0 Å². The first-order valence-electron chi connectivity index (χ1n) is 6.78. The number of nitrogens with one attached hydrogen (secondary N) is 2. The van der Waals surface area contributed by atoms with Gasteiger partial charge in [0, 0.05) is 22.8 Å². The molecule has 1 aromatic heterocycles. The summed E-state index contributed by atoms with van der Waals surface area (Å²) in [5.74, 6) is 0.783. The smallest absolute Gasteiger partial charge is 0.319 e. The van der Waals surface area contributed by atoms with Crippen molar-refractivity contribution in [2.45, 2.75) is 27.3 Å². The molecule has 5 nitrogen and oxygen atoms in total. The van der Waals surface area contributed by atoms with Gasteiger partial charge in [0.05, 0.1) is 13.2 Å². The Labute approximate surface area is 128 Å². The fraction of sp³-hybridized carbons (Fsp3) is 0.333. The van der Waals surface area contributed by atoms with Gasteiger partial charge in [0.25, 0.3) is 0 Å². The average Bonchev–Trinajstić information content (AvgIpc) is 2.86. The van der Waals surface area contributed by atoms with Crippen LogP contribution in [0.3, 0.4) is 0 Å². The molecule has 0 bridgehead atoms. The molecule has 0 fully saturated rings. The number of aryl methyl sites for hydroxylation is 2. The van der Waals surface area contributed by atoms with E-state index >= 15 is 0 Å². The third-order valence-electron chi connectivity index (χ3n) is 2.82. The number of urea groups is 1. The minimum absolute atomic E-state index is 0.255. The fourth-order valence-corrected chi connectivity index (χ4v) is 2.53. The van der Waals surface area contributed by atoms with Crippen LogP contribution in [0.5, 0.6) is 5.75 Å². The van der Waals surface area contributed by atoms with Gasteiger partial charge in [0.15, 0.2) is 0 Å². The number of carbonyl (C=O) groups is 1. The van der Waals surface area contributed by atoms with E-state index in [4.69, 9.17) is 4.74 Å². The van der Waals surface area contributed by atoms with Crippen LogP contribution in [0.1, 0.15) is 22.4 Å². The zero-order chi connectivity index (χ0) is 15.2. The summed E-state index contributed by atoms with van der Waals surface area (Å²) >= 11 is 1.57. The normalized spacial score (nSPS) is 10.2. The third-order valence-corrected chi connectivity index (χ3v) is 3.73. The fourth-order valence-electron chi connectivity index (χ4n) is 1.80. The molecule has 0 unspecified atom stereocenters. The van der Waals surface area contributed by atoms with E-state index < -0.39 is 0 Å². The molecule has 0 atom stereocenters. The van der Waals surface area contributed by atoms with Crippen molar-refractivity contribution in [1.82, 2.24) is 10.3 Å². The van der Waals surface area contributed by atoms with Gasteiger partial charge in [-0.3, -0.25) is 0 Å². The van der Waals surface area contributed by atoms with Gasteiger partial charge >= 0.3 is 6.03 Å². The first-order valence-corrected chi connectivity index (χ1v) is 7.59. The molecule has 0 aliphatic carbocycles. The van der Waals surface area contributed by atoms with Crippen molar-refractivity contribution in [3.63, 3.8) is 0 Å². The molecule has 2 amide bonds. The summed E-state index contributed by atoms with van der Waals surface area (Å²) in [6.07, 6.45) is 1.80. The Morgan fingerprint density at radius 3 is 2.86 bits per heavy atom.